The van der Waals surface area contributed by atoms with Crippen molar-refractivity contribution >= 4 is 0 Å². The molecule has 0 saturated carbocycles. The van der Waals surface area contributed by atoms with Crippen molar-refractivity contribution < 1.29 is 29.8 Å². The summed E-state index contributed by atoms with van der Waals surface area (Å²) in [6, 6.07) is 9.96. The molecule has 0 radical (unpaired) electrons. The zero-order chi connectivity index (χ0) is 18.7. The molecule has 0 bridgehead atoms. The van der Waals surface area contributed by atoms with Gasteiger partial charge < -0.3 is 28.4 Å². The van der Waals surface area contributed by atoms with Crippen LogP contribution in [-0.4, -0.2) is 72.7 Å². The molecule has 25 heavy (non-hydrogen) atoms. The average molecular weight is 357 g/mol. The summed E-state index contributed by atoms with van der Waals surface area (Å²) >= 11 is 0. The van der Waals surface area contributed by atoms with Gasteiger partial charge in [-0.2, -0.15) is 0 Å². The molecule has 1 atom stereocenters. The quantitative estimate of drug-likeness (QED) is 0.399. The van der Waals surface area contributed by atoms with E-state index in [9.17, 15) is 0 Å². The van der Waals surface area contributed by atoms with Crippen molar-refractivity contribution in [3.05, 3.63) is 35.9 Å². The van der Waals surface area contributed by atoms with E-state index in [1.165, 1.54) is 0 Å². The molecule has 0 unspecified atom stereocenters. The molecule has 6 heteroatoms. The van der Waals surface area contributed by atoms with Crippen molar-refractivity contribution in [3.8, 4) is 0 Å². The summed E-state index contributed by atoms with van der Waals surface area (Å²) in [4.78, 5) is 0. The molecular weight excluding hydrogens is 324 g/mol. The fourth-order valence-electron chi connectivity index (χ4n) is 1.89. The topological polar surface area (TPSA) is 55.4 Å². The summed E-state index contributed by atoms with van der Waals surface area (Å²) in [6.07, 6.45) is -0.234. The second-order valence-corrected chi connectivity index (χ2v) is 5.32. The van der Waals surface area contributed by atoms with Gasteiger partial charge in [0.2, 0.25) is 0 Å². The van der Waals surface area contributed by atoms with E-state index in [0.29, 0.717) is 66.1 Å². The Morgan fingerprint density at radius 2 is 1.40 bits per heavy atom. The first-order valence-corrected chi connectivity index (χ1v) is 8.61. The lowest BCUT2D eigenvalue weighted by atomic mass is 10.2. The highest BCUT2D eigenvalue weighted by Crippen LogP contribution is 2.02. The predicted octanol–water partition coefficient (Wildman–Crippen LogP) is 2.30. The second-order valence-electron chi connectivity index (χ2n) is 5.32. The molecule has 0 saturated heterocycles. The Bertz CT molecular complexity index is 406. The van der Waals surface area contributed by atoms with Crippen LogP contribution in [0.2, 0.25) is 0 Å². The fraction of sp³-hybridized carbons (Fsp3) is 0.684. The van der Waals surface area contributed by atoms with Gasteiger partial charge in [-0.1, -0.05) is 30.3 Å². The first kappa shape index (κ1) is 20.3. The van der Waals surface area contributed by atoms with Crippen LogP contribution in [0.4, 0.5) is 0 Å². The van der Waals surface area contributed by atoms with Crippen LogP contribution in [0, 0.1) is 0 Å². The van der Waals surface area contributed by atoms with E-state index in [4.69, 9.17) is 29.8 Å². The van der Waals surface area contributed by atoms with Gasteiger partial charge in [0.05, 0.1) is 72.2 Å². The van der Waals surface area contributed by atoms with Gasteiger partial charge in [0.1, 0.15) is 0 Å². The van der Waals surface area contributed by atoms with Gasteiger partial charge in [-0.05, 0) is 12.5 Å². The molecule has 0 aromatic heterocycles. The minimum atomic E-state index is -0.234. The smallest absolute Gasteiger partial charge is 0.0781 e. The molecule has 0 aliphatic heterocycles. The Kier molecular flexibility index (Phi) is 13.4. The van der Waals surface area contributed by atoms with Gasteiger partial charge in [-0.3, -0.25) is 0 Å². The highest BCUT2D eigenvalue weighted by atomic mass is 16.6. The number of methoxy groups -OCH3 is 1. The number of hydrogen-bond donors (Lipinski definition) is 0. The van der Waals surface area contributed by atoms with Crippen molar-refractivity contribution in [2.24, 2.45) is 0 Å². The van der Waals surface area contributed by atoms with E-state index < -0.39 is 0 Å². The SMILES string of the molecule is [2H]C[C@@H](COCc1ccccc1)OCCOCCOCCOCCOC. The summed E-state index contributed by atoms with van der Waals surface area (Å²) in [7, 11) is 1.64. The predicted molar refractivity (Wildman–Crippen MR) is 95.8 cm³/mol. The van der Waals surface area contributed by atoms with Crippen LogP contribution in [0.25, 0.3) is 0 Å². The number of ether oxygens (including phenoxy) is 6. The molecule has 144 valence electrons. The van der Waals surface area contributed by atoms with E-state index in [1.54, 1.807) is 7.11 Å². The lowest BCUT2D eigenvalue weighted by molar-refractivity contribution is -0.0425. The summed E-state index contributed by atoms with van der Waals surface area (Å²) in [5.41, 5.74) is 1.11. The van der Waals surface area contributed by atoms with Gasteiger partial charge in [-0.15, -0.1) is 0 Å². The molecule has 1 aromatic rings. The maximum absolute atomic E-state index is 7.51. The lowest BCUT2D eigenvalue weighted by Crippen LogP contribution is -2.19. The van der Waals surface area contributed by atoms with Crippen molar-refractivity contribution in [1.82, 2.24) is 0 Å². The van der Waals surface area contributed by atoms with Gasteiger partial charge in [0, 0.05) is 8.48 Å². The molecule has 0 amide bonds. The molecule has 0 heterocycles. The van der Waals surface area contributed by atoms with Crippen molar-refractivity contribution in [1.29, 1.82) is 0 Å². The van der Waals surface area contributed by atoms with E-state index in [1.807, 2.05) is 30.3 Å². The molecule has 0 aliphatic carbocycles. The Labute approximate surface area is 152 Å². The van der Waals surface area contributed by atoms with Crippen LogP contribution in [0.3, 0.4) is 0 Å². The van der Waals surface area contributed by atoms with E-state index in [0.717, 1.165) is 5.56 Å². The minimum Gasteiger partial charge on any atom is -0.382 e. The van der Waals surface area contributed by atoms with E-state index in [2.05, 4.69) is 0 Å². The van der Waals surface area contributed by atoms with Crippen molar-refractivity contribution in [2.75, 3.05) is 66.6 Å². The monoisotopic (exact) mass is 357 g/mol. The van der Waals surface area contributed by atoms with E-state index in [-0.39, 0.29) is 13.0 Å². The van der Waals surface area contributed by atoms with Crippen molar-refractivity contribution in [3.63, 3.8) is 0 Å². The molecule has 0 spiro atoms. The number of benzene rings is 1. The summed E-state index contributed by atoms with van der Waals surface area (Å²) in [6.45, 7) is 5.34. The molecule has 0 fully saturated rings. The van der Waals surface area contributed by atoms with Gasteiger partial charge in [0.15, 0.2) is 0 Å². The van der Waals surface area contributed by atoms with Crippen LogP contribution in [-0.2, 0) is 35.0 Å². The third-order valence-corrected chi connectivity index (χ3v) is 3.17. The Hall–Kier alpha value is -1.02. The van der Waals surface area contributed by atoms with Crippen LogP contribution in [0.15, 0.2) is 30.3 Å². The van der Waals surface area contributed by atoms with E-state index >= 15 is 0 Å². The molecular formula is C19H32O6. The average Bonchev–Trinajstić information content (AvgIpc) is 2.68. The summed E-state index contributed by atoms with van der Waals surface area (Å²) < 4.78 is 39.7. The Morgan fingerprint density at radius 3 is 2.00 bits per heavy atom. The first-order valence-electron chi connectivity index (χ1n) is 9.32. The Morgan fingerprint density at radius 1 is 0.800 bits per heavy atom. The van der Waals surface area contributed by atoms with Crippen LogP contribution < -0.4 is 0 Å². The first-order chi connectivity index (χ1) is 12.9. The largest absolute Gasteiger partial charge is 0.382 e. The summed E-state index contributed by atoms with van der Waals surface area (Å²) in [5.74, 6) is 0. The standard InChI is InChI=1S/C19H32O6/c1-18(16-24-17-19-6-4-3-5-7-19)25-15-14-23-13-12-22-11-10-21-9-8-20-2/h3-7,18H,8-17H2,1-2H3/t18-/m0/s1/i1D. The van der Waals surface area contributed by atoms with Gasteiger partial charge >= 0.3 is 0 Å². The molecule has 1 aromatic carbocycles. The number of rotatable bonds is 17. The molecule has 0 N–H and O–H groups in total. The minimum absolute atomic E-state index is 0.168. The third kappa shape index (κ3) is 13.9. The molecule has 1 rings (SSSR count). The molecule has 0 aliphatic rings. The Balaban J connectivity index is 1.87. The maximum atomic E-state index is 7.51. The fourth-order valence-corrected chi connectivity index (χ4v) is 1.89. The van der Waals surface area contributed by atoms with Crippen LogP contribution >= 0.6 is 0 Å². The second kappa shape index (κ2) is 16.4. The zero-order valence-electron chi connectivity index (χ0n) is 16.2. The zero-order valence-corrected chi connectivity index (χ0v) is 15.2. The third-order valence-electron chi connectivity index (χ3n) is 3.17. The lowest BCUT2D eigenvalue weighted by Gasteiger charge is -2.13. The number of hydrogen-bond acceptors (Lipinski definition) is 6. The highest BCUT2D eigenvalue weighted by molar-refractivity contribution is 5.13. The van der Waals surface area contributed by atoms with Crippen LogP contribution in [0.1, 0.15) is 13.8 Å². The molecule has 6 nitrogen and oxygen atoms in total. The van der Waals surface area contributed by atoms with Crippen molar-refractivity contribution in [2.45, 2.75) is 19.6 Å². The van der Waals surface area contributed by atoms with Crippen LogP contribution in [0.5, 0.6) is 0 Å². The summed E-state index contributed by atoms with van der Waals surface area (Å²) in [5, 5.41) is 0. The van der Waals surface area contributed by atoms with Gasteiger partial charge in [0.25, 0.3) is 0 Å². The van der Waals surface area contributed by atoms with Gasteiger partial charge in [-0.25, -0.2) is 0 Å². The highest BCUT2D eigenvalue weighted by Gasteiger charge is 2.02. The normalized spacial score (nSPS) is 12.9. The maximum Gasteiger partial charge on any atom is 0.0781 e.